The van der Waals surface area contributed by atoms with E-state index in [9.17, 15) is 4.79 Å². The smallest absolute Gasteiger partial charge is 0.158 e. The molecule has 0 fully saturated rings. The summed E-state index contributed by atoms with van der Waals surface area (Å²) in [6.45, 7) is 7.91. The maximum atomic E-state index is 11.2. The summed E-state index contributed by atoms with van der Waals surface area (Å²) in [6.07, 6.45) is 4.67. The quantitative estimate of drug-likeness (QED) is 0.537. The lowest BCUT2D eigenvalue weighted by Gasteiger charge is -2.00. The van der Waals surface area contributed by atoms with Gasteiger partial charge in [0.2, 0.25) is 0 Å². The highest BCUT2D eigenvalue weighted by molar-refractivity contribution is 5.94. The van der Waals surface area contributed by atoms with Crippen LogP contribution < -0.4 is 0 Å². The lowest BCUT2D eigenvalue weighted by molar-refractivity contribution is -0.115. The molecular formula is C10H18O. The van der Waals surface area contributed by atoms with E-state index >= 15 is 0 Å². The Balaban J connectivity index is 3.56. The zero-order valence-electron chi connectivity index (χ0n) is 7.65. The number of carbonyl (C=O) groups is 1. The number of rotatable bonds is 6. The van der Waals surface area contributed by atoms with Crippen LogP contribution >= 0.6 is 0 Å². The van der Waals surface area contributed by atoms with Crippen LogP contribution in [0.3, 0.4) is 0 Å². The number of hydrogen-bond donors (Lipinski definition) is 0. The topological polar surface area (TPSA) is 17.1 Å². The van der Waals surface area contributed by atoms with Crippen molar-refractivity contribution in [1.82, 2.24) is 0 Å². The molecule has 0 spiro atoms. The summed E-state index contributed by atoms with van der Waals surface area (Å²) in [7, 11) is 0. The molecule has 0 unspecified atom stereocenters. The van der Waals surface area contributed by atoms with Gasteiger partial charge in [0.25, 0.3) is 0 Å². The number of allylic oxidation sites excluding steroid dienone is 1. The Morgan fingerprint density at radius 1 is 1.18 bits per heavy atom. The van der Waals surface area contributed by atoms with E-state index in [1.807, 2.05) is 0 Å². The number of carbonyl (C=O) groups excluding carboxylic acids is 1. The normalized spacial score (nSPS) is 9.64. The van der Waals surface area contributed by atoms with E-state index in [0.29, 0.717) is 6.42 Å². The van der Waals surface area contributed by atoms with E-state index in [1.165, 1.54) is 0 Å². The molecule has 0 aromatic heterocycles. The summed E-state index contributed by atoms with van der Waals surface area (Å²) in [5.74, 6) is 0.258. The Bertz CT molecular complexity index is 136. The van der Waals surface area contributed by atoms with Gasteiger partial charge in [-0.15, -0.1) is 0 Å². The first-order chi connectivity index (χ1) is 5.22. The third kappa shape index (κ3) is 4.77. The Morgan fingerprint density at radius 2 is 1.82 bits per heavy atom. The predicted molar refractivity (Wildman–Crippen MR) is 48.6 cm³/mol. The molecule has 0 aromatic carbocycles. The molecule has 0 atom stereocenters. The zero-order chi connectivity index (χ0) is 8.69. The van der Waals surface area contributed by atoms with Crippen molar-refractivity contribution in [1.29, 1.82) is 0 Å². The third-order valence-corrected chi connectivity index (χ3v) is 1.70. The SMILES string of the molecule is C=C(CCC)C(=O)CCCC. The van der Waals surface area contributed by atoms with Gasteiger partial charge in [0.15, 0.2) is 5.78 Å². The fraction of sp³-hybridized carbons (Fsp3) is 0.700. The molecule has 0 bridgehead atoms. The maximum Gasteiger partial charge on any atom is 0.158 e. The highest BCUT2D eigenvalue weighted by Gasteiger charge is 2.03. The second kappa shape index (κ2) is 6.14. The number of ketones is 1. The molecule has 1 nitrogen and oxygen atoms in total. The van der Waals surface area contributed by atoms with Crippen molar-refractivity contribution < 1.29 is 4.79 Å². The Labute approximate surface area is 69.5 Å². The van der Waals surface area contributed by atoms with Crippen LogP contribution in [0.15, 0.2) is 12.2 Å². The van der Waals surface area contributed by atoms with Crippen molar-refractivity contribution in [2.24, 2.45) is 0 Å². The van der Waals surface area contributed by atoms with E-state index in [4.69, 9.17) is 0 Å². The number of hydrogen-bond acceptors (Lipinski definition) is 1. The molecular weight excluding hydrogens is 136 g/mol. The minimum absolute atomic E-state index is 0.258. The van der Waals surface area contributed by atoms with Crippen molar-refractivity contribution in [3.8, 4) is 0 Å². The molecule has 0 aromatic rings. The van der Waals surface area contributed by atoms with E-state index in [1.54, 1.807) is 0 Å². The van der Waals surface area contributed by atoms with Gasteiger partial charge in [0.05, 0.1) is 0 Å². The summed E-state index contributed by atoms with van der Waals surface area (Å²) in [4.78, 5) is 11.2. The highest BCUT2D eigenvalue weighted by Crippen LogP contribution is 2.07. The molecule has 0 saturated heterocycles. The summed E-state index contributed by atoms with van der Waals surface area (Å²) in [5.41, 5.74) is 0.806. The largest absolute Gasteiger partial charge is 0.295 e. The molecule has 0 aliphatic heterocycles. The van der Waals surface area contributed by atoms with Crippen LogP contribution in [0.1, 0.15) is 46.0 Å². The zero-order valence-corrected chi connectivity index (χ0v) is 7.65. The van der Waals surface area contributed by atoms with E-state index < -0.39 is 0 Å². The molecule has 0 rings (SSSR count). The van der Waals surface area contributed by atoms with Crippen molar-refractivity contribution in [3.63, 3.8) is 0 Å². The van der Waals surface area contributed by atoms with Gasteiger partial charge in [-0.05, 0) is 18.4 Å². The van der Waals surface area contributed by atoms with Crippen molar-refractivity contribution >= 4 is 5.78 Å². The van der Waals surface area contributed by atoms with E-state index in [-0.39, 0.29) is 5.78 Å². The maximum absolute atomic E-state index is 11.2. The lowest BCUT2D eigenvalue weighted by Crippen LogP contribution is -2.00. The van der Waals surface area contributed by atoms with Gasteiger partial charge < -0.3 is 0 Å². The lowest BCUT2D eigenvalue weighted by atomic mass is 10.0. The van der Waals surface area contributed by atoms with Crippen molar-refractivity contribution in [3.05, 3.63) is 12.2 Å². The van der Waals surface area contributed by atoms with Crippen molar-refractivity contribution in [2.75, 3.05) is 0 Å². The van der Waals surface area contributed by atoms with Gasteiger partial charge in [-0.1, -0.05) is 33.3 Å². The molecule has 64 valence electrons. The van der Waals surface area contributed by atoms with Crippen LogP contribution in [0, 0.1) is 0 Å². The molecule has 0 N–H and O–H groups in total. The molecule has 0 aliphatic rings. The molecule has 0 radical (unpaired) electrons. The van der Waals surface area contributed by atoms with Gasteiger partial charge in [0, 0.05) is 6.42 Å². The van der Waals surface area contributed by atoms with Crippen molar-refractivity contribution in [2.45, 2.75) is 46.0 Å². The van der Waals surface area contributed by atoms with Crippen LogP contribution in [0.2, 0.25) is 0 Å². The summed E-state index contributed by atoms with van der Waals surface area (Å²) >= 11 is 0. The van der Waals surface area contributed by atoms with E-state index in [0.717, 1.165) is 31.3 Å². The Morgan fingerprint density at radius 3 is 2.27 bits per heavy atom. The Hall–Kier alpha value is -0.590. The third-order valence-electron chi connectivity index (χ3n) is 1.70. The first kappa shape index (κ1) is 10.4. The van der Waals surface area contributed by atoms with Gasteiger partial charge in [-0.25, -0.2) is 0 Å². The van der Waals surface area contributed by atoms with Gasteiger partial charge >= 0.3 is 0 Å². The molecule has 1 heteroatoms. The molecule has 11 heavy (non-hydrogen) atoms. The molecule has 0 saturated carbocycles. The summed E-state index contributed by atoms with van der Waals surface area (Å²) in [5, 5.41) is 0. The number of unbranched alkanes of at least 4 members (excludes halogenated alkanes) is 1. The second-order valence-electron chi connectivity index (χ2n) is 2.88. The molecule has 0 amide bonds. The van der Waals surface area contributed by atoms with Crippen LogP contribution in [0.5, 0.6) is 0 Å². The predicted octanol–water partition coefficient (Wildman–Crippen LogP) is 3.10. The first-order valence-electron chi connectivity index (χ1n) is 4.43. The van der Waals surface area contributed by atoms with Gasteiger partial charge in [-0.3, -0.25) is 4.79 Å². The van der Waals surface area contributed by atoms with Crippen LogP contribution in [-0.2, 0) is 4.79 Å². The average Bonchev–Trinajstić information content (AvgIpc) is 2.00. The molecule has 0 aliphatic carbocycles. The average molecular weight is 154 g/mol. The highest BCUT2D eigenvalue weighted by atomic mass is 16.1. The summed E-state index contributed by atoms with van der Waals surface area (Å²) in [6, 6.07) is 0. The fourth-order valence-corrected chi connectivity index (χ4v) is 0.955. The minimum atomic E-state index is 0.258. The molecule has 0 heterocycles. The van der Waals surface area contributed by atoms with Gasteiger partial charge in [0.1, 0.15) is 0 Å². The van der Waals surface area contributed by atoms with Crippen LogP contribution in [0.25, 0.3) is 0 Å². The number of Topliss-reactive ketones (excluding diaryl/α,β-unsaturated/α-hetero) is 1. The standard InChI is InChI=1S/C10H18O/c1-4-6-8-10(11)9(3)7-5-2/h3-8H2,1-2H3. The second-order valence-corrected chi connectivity index (χ2v) is 2.88. The first-order valence-corrected chi connectivity index (χ1v) is 4.43. The fourth-order valence-electron chi connectivity index (χ4n) is 0.955. The monoisotopic (exact) mass is 154 g/mol. The summed E-state index contributed by atoms with van der Waals surface area (Å²) < 4.78 is 0. The Kier molecular flexibility index (Phi) is 5.81. The van der Waals surface area contributed by atoms with Gasteiger partial charge in [-0.2, -0.15) is 0 Å². The van der Waals surface area contributed by atoms with E-state index in [2.05, 4.69) is 20.4 Å². The van der Waals surface area contributed by atoms with Crippen LogP contribution in [0.4, 0.5) is 0 Å². The van der Waals surface area contributed by atoms with Crippen LogP contribution in [-0.4, -0.2) is 5.78 Å². The minimum Gasteiger partial charge on any atom is -0.295 e.